The largest absolute Gasteiger partial charge is 0.336 e. The van der Waals surface area contributed by atoms with Crippen molar-refractivity contribution in [3.05, 3.63) is 65.7 Å². The fraction of sp³-hybridized carbons (Fsp3) is 0.118. The molecule has 0 aliphatic carbocycles. The quantitative estimate of drug-likeness (QED) is 0.749. The number of rotatable bonds is 4. The topological polar surface area (TPSA) is 87.3 Å². The van der Waals surface area contributed by atoms with E-state index in [-0.39, 0.29) is 24.3 Å². The van der Waals surface area contributed by atoms with Crippen molar-refractivity contribution < 1.29 is 14.4 Å². The zero-order valence-electron chi connectivity index (χ0n) is 12.2. The van der Waals surface area contributed by atoms with Crippen LogP contribution in [0.3, 0.4) is 0 Å². The predicted molar refractivity (Wildman–Crippen MR) is 85.3 cm³/mol. The second-order valence-corrected chi connectivity index (χ2v) is 5.14. The van der Waals surface area contributed by atoms with Crippen LogP contribution in [-0.2, 0) is 4.79 Å². The normalized spacial score (nSPS) is 16.3. The molecule has 23 heavy (non-hydrogen) atoms. The molecular weight excluding hydrogens is 294 g/mol. The summed E-state index contributed by atoms with van der Waals surface area (Å²) >= 11 is 0. The first-order valence-corrected chi connectivity index (χ1v) is 7.19. The van der Waals surface area contributed by atoms with Gasteiger partial charge in [0.1, 0.15) is 6.04 Å². The van der Waals surface area contributed by atoms with Crippen LogP contribution in [0.15, 0.2) is 54.6 Å². The molecule has 0 bridgehead atoms. The van der Waals surface area contributed by atoms with Crippen LogP contribution in [0.2, 0.25) is 0 Å². The van der Waals surface area contributed by atoms with Gasteiger partial charge in [-0.25, -0.2) is 4.79 Å². The Labute approximate surface area is 132 Å². The molecule has 116 valence electrons. The molecule has 1 aliphatic heterocycles. The number of hydrogen-bond donors (Lipinski definition) is 3. The Morgan fingerprint density at radius 1 is 1.00 bits per heavy atom. The maximum Gasteiger partial charge on any atom is 0.315 e. The number of carbonyl (C=O) groups is 3. The van der Waals surface area contributed by atoms with Crippen molar-refractivity contribution in [2.75, 3.05) is 11.9 Å². The van der Waals surface area contributed by atoms with Gasteiger partial charge in [0.15, 0.2) is 5.78 Å². The highest BCUT2D eigenvalue weighted by Gasteiger charge is 2.27. The standard InChI is InChI=1S/C17H15N3O3/c21-15(11-6-2-1-3-7-11)12-8-4-5-9-13(12)19-16(22)14-10-18-17(23)20-14/h1-9,14H,10H2,(H,19,22)(H2,18,20,23). The molecule has 1 heterocycles. The molecule has 0 aromatic heterocycles. The fourth-order valence-corrected chi connectivity index (χ4v) is 2.37. The van der Waals surface area contributed by atoms with Gasteiger partial charge in [0.25, 0.3) is 0 Å². The molecule has 2 aromatic carbocycles. The third-order valence-corrected chi connectivity index (χ3v) is 3.55. The van der Waals surface area contributed by atoms with E-state index in [2.05, 4.69) is 16.0 Å². The monoisotopic (exact) mass is 309 g/mol. The summed E-state index contributed by atoms with van der Waals surface area (Å²) in [5.41, 5.74) is 1.38. The van der Waals surface area contributed by atoms with Crippen molar-refractivity contribution in [1.29, 1.82) is 0 Å². The molecule has 1 unspecified atom stereocenters. The van der Waals surface area contributed by atoms with Crippen LogP contribution in [0.25, 0.3) is 0 Å². The van der Waals surface area contributed by atoms with Gasteiger partial charge < -0.3 is 16.0 Å². The van der Waals surface area contributed by atoms with Crippen molar-refractivity contribution >= 4 is 23.4 Å². The van der Waals surface area contributed by atoms with Gasteiger partial charge in [0.2, 0.25) is 5.91 Å². The summed E-state index contributed by atoms with van der Waals surface area (Å²) in [7, 11) is 0. The minimum atomic E-state index is -0.651. The Balaban J connectivity index is 1.82. The summed E-state index contributed by atoms with van der Waals surface area (Å²) in [5, 5.41) is 7.74. The van der Waals surface area contributed by atoms with Crippen LogP contribution >= 0.6 is 0 Å². The maximum atomic E-state index is 12.6. The lowest BCUT2D eigenvalue weighted by molar-refractivity contribution is -0.117. The van der Waals surface area contributed by atoms with E-state index in [4.69, 9.17) is 0 Å². The van der Waals surface area contributed by atoms with Crippen molar-refractivity contribution in [3.8, 4) is 0 Å². The number of carbonyl (C=O) groups excluding carboxylic acids is 3. The summed E-state index contributed by atoms with van der Waals surface area (Å²) in [5.74, 6) is -0.535. The zero-order chi connectivity index (χ0) is 16.2. The Bertz CT molecular complexity index is 759. The fourth-order valence-electron chi connectivity index (χ4n) is 2.37. The molecule has 1 saturated heterocycles. The van der Waals surface area contributed by atoms with E-state index in [0.29, 0.717) is 16.8 Å². The SMILES string of the molecule is O=C1NCC(C(=O)Nc2ccccc2C(=O)c2ccccc2)N1. The van der Waals surface area contributed by atoms with Crippen molar-refractivity contribution in [1.82, 2.24) is 10.6 Å². The summed E-state index contributed by atoms with van der Waals surface area (Å²) < 4.78 is 0. The highest BCUT2D eigenvalue weighted by Crippen LogP contribution is 2.19. The lowest BCUT2D eigenvalue weighted by atomic mass is 10.0. The van der Waals surface area contributed by atoms with E-state index in [1.807, 2.05) is 6.07 Å². The molecule has 3 amide bonds. The summed E-state index contributed by atoms with van der Waals surface area (Å²) in [6.07, 6.45) is 0. The number of benzene rings is 2. The zero-order valence-corrected chi connectivity index (χ0v) is 12.2. The maximum absolute atomic E-state index is 12.6. The highest BCUT2D eigenvalue weighted by molar-refractivity contribution is 6.14. The van der Waals surface area contributed by atoms with Gasteiger partial charge in [-0.05, 0) is 12.1 Å². The summed E-state index contributed by atoms with van der Waals surface area (Å²) in [4.78, 5) is 35.9. The van der Waals surface area contributed by atoms with Gasteiger partial charge in [-0.15, -0.1) is 0 Å². The number of para-hydroxylation sites is 1. The number of urea groups is 1. The molecule has 6 nitrogen and oxygen atoms in total. The highest BCUT2D eigenvalue weighted by atomic mass is 16.2. The number of amides is 3. The van der Waals surface area contributed by atoms with E-state index in [9.17, 15) is 14.4 Å². The first-order valence-electron chi connectivity index (χ1n) is 7.19. The Kier molecular flexibility index (Phi) is 4.05. The molecule has 0 spiro atoms. The van der Waals surface area contributed by atoms with Gasteiger partial charge >= 0.3 is 6.03 Å². The molecule has 1 fully saturated rings. The Morgan fingerprint density at radius 3 is 2.39 bits per heavy atom. The summed E-state index contributed by atoms with van der Waals surface area (Å²) in [6.45, 7) is 0.222. The van der Waals surface area contributed by atoms with Crippen LogP contribution < -0.4 is 16.0 Å². The minimum Gasteiger partial charge on any atom is -0.336 e. The number of anilines is 1. The number of ketones is 1. The lowest BCUT2D eigenvalue weighted by Gasteiger charge is -2.13. The lowest BCUT2D eigenvalue weighted by Crippen LogP contribution is -2.38. The molecular formula is C17H15N3O3. The smallest absolute Gasteiger partial charge is 0.315 e. The van der Waals surface area contributed by atoms with Crippen LogP contribution in [0.4, 0.5) is 10.5 Å². The second kappa shape index (κ2) is 6.31. The van der Waals surface area contributed by atoms with Crippen molar-refractivity contribution in [2.45, 2.75) is 6.04 Å². The van der Waals surface area contributed by atoms with Crippen LogP contribution in [0, 0.1) is 0 Å². The Morgan fingerprint density at radius 2 is 1.70 bits per heavy atom. The molecule has 0 saturated carbocycles. The van der Waals surface area contributed by atoms with Crippen LogP contribution in [0.5, 0.6) is 0 Å². The molecule has 0 radical (unpaired) electrons. The van der Waals surface area contributed by atoms with Crippen molar-refractivity contribution in [2.24, 2.45) is 0 Å². The van der Waals surface area contributed by atoms with Gasteiger partial charge in [-0.2, -0.15) is 0 Å². The van der Waals surface area contributed by atoms with Gasteiger partial charge in [0, 0.05) is 17.7 Å². The van der Waals surface area contributed by atoms with E-state index >= 15 is 0 Å². The van der Waals surface area contributed by atoms with E-state index in [0.717, 1.165) is 0 Å². The van der Waals surface area contributed by atoms with Gasteiger partial charge in [-0.3, -0.25) is 9.59 Å². The first-order chi connectivity index (χ1) is 11.1. The summed E-state index contributed by atoms with van der Waals surface area (Å²) in [6, 6.07) is 14.6. The van der Waals surface area contributed by atoms with E-state index in [1.54, 1.807) is 48.5 Å². The molecule has 2 aromatic rings. The Hall–Kier alpha value is -3.15. The van der Waals surface area contributed by atoms with Crippen LogP contribution in [-0.4, -0.2) is 30.3 Å². The number of nitrogens with one attached hydrogen (secondary N) is 3. The number of hydrogen-bond acceptors (Lipinski definition) is 3. The molecule has 1 atom stereocenters. The van der Waals surface area contributed by atoms with Crippen molar-refractivity contribution in [3.63, 3.8) is 0 Å². The minimum absolute atomic E-state index is 0.171. The third-order valence-electron chi connectivity index (χ3n) is 3.55. The average molecular weight is 309 g/mol. The molecule has 1 aliphatic rings. The average Bonchev–Trinajstić information content (AvgIpc) is 3.02. The third kappa shape index (κ3) is 3.21. The van der Waals surface area contributed by atoms with E-state index < -0.39 is 6.04 Å². The van der Waals surface area contributed by atoms with Gasteiger partial charge in [0.05, 0.1) is 5.69 Å². The molecule has 3 N–H and O–H groups in total. The van der Waals surface area contributed by atoms with E-state index in [1.165, 1.54) is 0 Å². The van der Waals surface area contributed by atoms with Gasteiger partial charge in [-0.1, -0.05) is 42.5 Å². The second-order valence-electron chi connectivity index (χ2n) is 5.14. The first kappa shape index (κ1) is 14.8. The van der Waals surface area contributed by atoms with Crippen LogP contribution in [0.1, 0.15) is 15.9 Å². The molecule has 6 heteroatoms. The molecule has 3 rings (SSSR count). The predicted octanol–water partition coefficient (Wildman–Crippen LogP) is 1.54.